The highest BCUT2D eigenvalue weighted by atomic mass is 16.5. The minimum Gasteiger partial charge on any atom is -0.497 e. The lowest BCUT2D eigenvalue weighted by Crippen LogP contribution is -2.14. The quantitative estimate of drug-likeness (QED) is 0.391. The SMILES string of the molecule is COc1ccc(C(=O)/C(Cc2ccccc2)=C(\C(=O)O)c2ccc(OC)c(OC)c2)cc1. The van der Waals surface area contributed by atoms with Crippen molar-refractivity contribution in [3.8, 4) is 17.2 Å². The van der Waals surface area contributed by atoms with Crippen LogP contribution in [-0.4, -0.2) is 38.2 Å². The van der Waals surface area contributed by atoms with Crippen LogP contribution in [0.2, 0.25) is 0 Å². The monoisotopic (exact) mass is 432 g/mol. The Hall–Kier alpha value is -4.06. The summed E-state index contributed by atoms with van der Waals surface area (Å²) in [5, 5.41) is 10.1. The fourth-order valence-electron chi connectivity index (χ4n) is 3.42. The van der Waals surface area contributed by atoms with Gasteiger partial charge in [0, 0.05) is 17.6 Å². The third-order valence-electron chi connectivity index (χ3n) is 5.04. The average Bonchev–Trinajstić information content (AvgIpc) is 2.83. The number of ketones is 1. The fraction of sp³-hybridized carbons (Fsp3) is 0.154. The molecule has 0 aliphatic carbocycles. The normalized spacial score (nSPS) is 11.3. The Morgan fingerprint density at radius 1 is 0.750 bits per heavy atom. The minimum absolute atomic E-state index is 0.0874. The number of carboxylic acid groups (broad SMARTS) is 1. The molecule has 0 radical (unpaired) electrons. The van der Waals surface area contributed by atoms with Crippen LogP contribution in [0, 0.1) is 0 Å². The van der Waals surface area contributed by atoms with Gasteiger partial charge in [0.15, 0.2) is 17.3 Å². The van der Waals surface area contributed by atoms with Gasteiger partial charge in [0.1, 0.15) is 5.75 Å². The van der Waals surface area contributed by atoms with Crippen LogP contribution in [0.1, 0.15) is 21.5 Å². The first-order chi connectivity index (χ1) is 15.5. The number of rotatable bonds is 9. The number of carbonyl (C=O) groups excluding carboxylic acids is 1. The number of benzene rings is 3. The van der Waals surface area contributed by atoms with E-state index in [4.69, 9.17) is 14.2 Å². The van der Waals surface area contributed by atoms with Crippen LogP contribution < -0.4 is 14.2 Å². The fourth-order valence-corrected chi connectivity index (χ4v) is 3.42. The van der Waals surface area contributed by atoms with Crippen LogP contribution in [-0.2, 0) is 11.2 Å². The van der Waals surface area contributed by atoms with Crippen LogP contribution in [0.25, 0.3) is 5.57 Å². The first-order valence-corrected chi connectivity index (χ1v) is 9.90. The van der Waals surface area contributed by atoms with E-state index < -0.39 is 5.97 Å². The lowest BCUT2D eigenvalue weighted by atomic mass is 9.89. The highest BCUT2D eigenvalue weighted by Crippen LogP contribution is 2.33. The van der Waals surface area contributed by atoms with Crippen LogP contribution in [0.4, 0.5) is 0 Å². The van der Waals surface area contributed by atoms with Crippen molar-refractivity contribution in [3.63, 3.8) is 0 Å². The molecule has 0 saturated carbocycles. The maximum atomic E-state index is 13.5. The number of aliphatic carboxylic acids is 1. The van der Waals surface area contributed by atoms with Gasteiger partial charge in [-0.3, -0.25) is 4.79 Å². The average molecular weight is 432 g/mol. The molecule has 0 saturated heterocycles. The van der Waals surface area contributed by atoms with E-state index in [0.29, 0.717) is 28.4 Å². The summed E-state index contributed by atoms with van der Waals surface area (Å²) in [6.07, 6.45) is 0.154. The zero-order valence-corrected chi connectivity index (χ0v) is 18.1. The lowest BCUT2D eigenvalue weighted by Gasteiger charge is -2.15. The molecule has 0 bridgehead atoms. The maximum Gasteiger partial charge on any atom is 0.336 e. The summed E-state index contributed by atoms with van der Waals surface area (Å²) in [6, 6.07) is 20.7. The molecule has 0 fully saturated rings. The molecule has 6 nitrogen and oxygen atoms in total. The molecule has 0 atom stereocenters. The van der Waals surface area contributed by atoms with Gasteiger partial charge in [-0.1, -0.05) is 36.4 Å². The van der Waals surface area contributed by atoms with Crippen molar-refractivity contribution in [1.82, 2.24) is 0 Å². The molecule has 1 N–H and O–H groups in total. The number of carboxylic acids is 1. The van der Waals surface area contributed by atoms with Crippen LogP contribution in [0.15, 0.2) is 78.4 Å². The molecular weight excluding hydrogens is 408 g/mol. The molecule has 164 valence electrons. The van der Waals surface area contributed by atoms with Gasteiger partial charge in [0.05, 0.1) is 26.9 Å². The van der Waals surface area contributed by atoms with Gasteiger partial charge in [0.2, 0.25) is 0 Å². The van der Waals surface area contributed by atoms with Gasteiger partial charge in [-0.15, -0.1) is 0 Å². The van der Waals surface area contributed by atoms with Gasteiger partial charge >= 0.3 is 5.97 Å². The number of Topliss-reactive ketones (excluding diaryl/α,β-unsaturated/α-hetero) is 1. The Balaban J connectivity index is 2.20. The Labute approximate surface area is 186 Å². The number of hydrogen-bond donors (Lipinski definition) is 1. The predicted octanol–water partition coefficient (Wildman–Crippen LogP) is 4.68. The Bertz CT molecular complexity index is 1130. The summed E-state index contributed by atoms with van der Waals surface area (Å²) in [4.78, 5) is 25.9. The summed E-state index contributed by atoms with van der Waals surface area (Å²) < 4.78 is 15.8. The molecule has 3 rings (SSSR count). The molecule has 0 spiro atoms. The zero-order valence-electron chi connectivity index (χ0n) is 18.1. The van der Waals surface area contributed by atoms with E-state index in [2.05, 4.69) is 0 Å². The maximum absolute atomic E-state index is 13.5. The number of carbonyl (C=O) groups is 2. The van der Waals surface area contributed by atoms with Gasteiger partial charge in [0.25, 0.3) is 0 Å². The summed E-state index contributed by atoms with van der Waals surface area (Å²) in [5.74, 6) is -0.131. The van der Waals surface area contributed by atoms with Crippen molar-refractivity contribution >= 4 is 17.3 Å². The van der Waals surface area contributed by atoms with E-state index in [1.165, 1.54) is 21.3 Å². The van der Waals surface area contributed by atoms with E-state index in [1.54, 1.807) is 42.5 Å². The molecule has 0 unspecified atom stereocenters. The second-order valence-corrected chi connectivity index (χ2v) is 6.95. The molecule has 6 heteroatoms. The first kappa shape index (κ1) is 22.6. The molecule has 3 aromatic carbocycles. The predicted molar refractivity (Wildman–Crippen MR) is 122 cm³/mol. The highest BCUT2D eigenvalue weighted by Gasteiger charge is 2.24. The lowest BCUT2D eigenvalue weighted by molar-refractivity contribution is -0.130. The zero-order chi connectivity index (χ0) is 23.1. The van der Waals surface area contributed by atoms with Crippen molar-refractivity contribution in [3.05, 3.63) is 95.1 Å². The summed E-state index contributed by atoms with van der Waals surface area (Å²) >= 11 is 0. The Morgan fingerprint density at radius 3 is 1.94 bits per heavy atom. The Morgan fingerprint density at radius 2 is 1.38 bits per heavy atom. The largest absolute Gasteiger partial charge is 0.497 e. The standard InChI is InChI=1S/C26H24O6/c1-30-20-12-9-18(10-13-20)25(27)21(15-17-7-5-4-6-8-17)24(26(28)29)19-11-14-22(31-2)23(16-19)32-3/h4-14,16H,15H2,1-3H3,(H,28,29)/b24-21-. The summed E-state index contributed by atoms with van der Waals surface area (Å²) in [7, 11) is 4.51. The number of allylic oxidation sites excluding steroid dienone is 1. The van der Waals surface area contributed by atoms with E-state index in [0.717, 1.165) is 5.56 Å². The van der Waals surface area contributed by atoms with Gasteiger partial charge in [-0.05, 0) is 47.5 Å². The van der Waals surface area contributed by atoms with Gasteiger partial charge in [-0.2, -0.15) is 0 Å². The third kappa shape index (κ3) is 4.98. The number of methoxy groups -OCH3 is 3. The van der Waals surface area contributed by atoms with Crippen molar-refractivity contribution in [2.75, 3.05) is 21.3 Å². The van der Waals surface area contributed by atoms with Crippen molar-refractivity contribution in [1.29, 1.82) is 0 Å². The number of ether oxygens (including phenoxy) is 3. The molecule has 0 aliphatic rings. The topological polar surface area (TPSA) is 82.1 Å². The van der Waals surface area contributed by atoms with E-state index >= 15 is 0 Å². The molecule has 0 amide bonds. The smallest absolute Gasteiger partial charge is 0.336 e. The molecule has 32 heavy (non-hydrogen) atoms. The van der Waals surface area contributed by atoms with Crippen molar-refractivity contribution in [2.24, 2.45) is 0 Å². The number of hydrogen-bond acceptors (Lipinski definition) is 5. The van der Waals surface area contributed by atoms with Crippen LogP contribution >= 0.6 is 0 Å². The molecule has 3 aromatic rings. The van der Waals surface area contributed by atoms with Gasteiger partial charge < -0.3 is 19.3 Å². The second kappa shape index (κ2) is 10.3. The minimum atomic E-state index is -1.20. The highest BCUT2D eigenvalue weighted by molar-refractivity contribution is 6.26. The van der Waals surface area contributed by atoms with Crippen LogP contribution in [0.5, 0.6) is 17.2 Å². The molecular formula is C26H24O6. The van der Waals surface area contributed by atoms with Crippen LogP contribution in [0.3, 0.4) is 0 Å². The van der Waals surface area contributed by atoms with Crippen molar-refractivity contribution in [2.45, 2.75) is 6.42 Å². The summed E-state index contributed by atoms with van der Waals surface area (Å²) in [6.45, 7) is 0. The first-order valence-electron chi connectivity index (χ1n) is 9.90. The second-order valence-electron chi connectivity index (χ2n) is 6.95. The Kier molecular flexibility index (Phi) is 7.29. The van der Waals surface area contributed by atoms with E-state index in [1.807, 2.05) is 30.3 Å². The third-order valence-corrected chi connectivity index (χ3v) is 5.04. The van der Waals surface area contributed by atoms with E-state index in [9.17, 15) is 14.7 Å². The van der Waals surface area contributed by atoms with Crippen molar-refractivity contribution < 1.29 is 28.9 Å². The molecule has 0 heterocycles. The summed E-state index contributed by atoms with van der Waals surface area (Å²) in [5.41, 5.74) is 1.62. The molecule has 0 aromatic heterocycles. The molecule has 0 aliphatic heterocycles. The van der Waals surface area contributed by atoms with Gasteiger partial charge in [-0.25, -0.2) is 4.79 Å². The van der Waals surface area contributed by atoms with E-state index in [-0.39, 0.29) is 23.4 Å².